The zero-order chi connectivity index (χ0) is 13.6. The maximum atomic E-state index is 13.9. The minimum absolute atomic E-state index is 0.0145. The maximum Gasteiger partial charge on any atom is 0.278 e. The van der Waals surface area contributed by atoms with Crippen LogP contribution in [0.25, 0.3) is 0 Å². The van der Waals surface area contributed by atoms with E-state index in [1.807, 2.05) is 0 Å². The molecule has 2 aromatic carbocycles. The van der Waals surface area contributed by atoms with Gasteiger partial charge in [0.15, 0.2) is 11.6 Å². The summed E-state index contributed by atoms with van der Waals surface area (Å²) in [7, 11) is 0. The molecule has 2 nitrogen and oxygen atoms in total. The third-order valence-corrected chi connectivity index (χ3v) is 3.19. The van der Waals surface area contributed by atoms with Crippen LogP contribution in [0.2, 0.25) is 5.02 Å². The van der Waals surface area contributed by atoms with Gasteiger partial charge in [-0.05, 0) is 30.3 Å². The molecule has 98 valence electrons. The lowest BCUT2D eigenvalue weighted by atomic mass is 10.1. The molecule has 0 saturated heterocycles. The Morgan fingerprint density at radius 1 is 1.05 bits per heavy atom. The number of halogens is 3. The molecule has 2 aromatic rings. The van der Waals surface area contributed by atoms with Crippen LogP contribution in [0.15, 0.2) is 36.4 Å². The lowest BCUT2D eigenvalue weighted by Gasteiger charge is -2.23. The molecule has 19 heavy (non-hydrogen) atoms. The Hall–Kier alpha value is -1.81. The summed E-state index contributed by atoms with van der Waals surface area (Å²) in [6.07, 6.45) is 0. The van der Waals surface area contributed by atoms with Crippen molar-refractivity contribution in [2.24, 2.45) is 0 Å². The highest BCUT2D eigenvalue weighted by Gasteiger charge is 2.42. The molecule has 1 aliphatic rings. The second-order valence-electron chi connectivity index (χ2n) is 4.34. The molecular formula is C14H9ClF2O2. The Bertz CT molecular complexity index is 660. The van der Waals surface area contributed by atoms with Gasteiger partial charge in [-0.15, -0.1) is 0 Å². The lowest BCUT2D eigenvalue weighted by molar-refractivity contribution is -0.0719. The molecule has 1 atom stereocenters. The number of fused-ring (bicyclic) bond motifs is 1. The highest BCUT2D eigenvalue weighted by atomic mass is 35.5. The van der Waals surface area contributed by atoms with Gasteiger partial charge >= 0.3 is 0 Å². The first kappa shape index (κ1) is 12.2. The molecule has 0 aromatic heterocycles. The molecule has 1 heterocycles. The third-order valence-electron chi connectivity index (χ3n) is 2.95. The monoisotopic (exact) mass is 282 g/mol. The van der Waals surface area contributed by atoms with Crippen molar-refractivity contribution in [1.82, 2.24) is 0 Å². The van der Waals surface area contributed by atoms with E-state index < -0.39 is 17.4 Å². The van der Waals surface area contributed by atoms with Gasteiger partial charge in [0.05, 0.1) is 5.56 Å². The van der Waals surface area contributed by atoms with E-state index in [2.05, 4.69) is 0 Å². The Balaban J connectivity index is 2.06. The number of para-hydroxylation sites is 1. The molecule has 0 bridgehead atoms. The number of benzene rings is 2. The highest BCUT2D eigenvalue weighted by Crippen LogP contribution is 2.45. The van der Waals surface area contributed by atoms with Crippen molar-refractivity contribution in [2.45, 2.75) is 12.7 Å². The minimum atomic E-state index is -1.40. The van der Waals surface area contributed by atoms with E-state index in [1.165, 1.54) is 31.2 Å². The molecule has 0 fully saturated rings. The quantitative estimate of drug-likeness (QED) is 0.778. The topological polar surface area (TPSA) is 18.5 Å². The van der Waals surface area contributed by atoms with Gasteiger partial charge in [-0.3, -0.25) is 0 Å². The average molecular weight is 283 g/mol. The first-order chi connectivity index (χ1) is 8.99. The van der Waals surface area contributed by atoms with Gasteiger partial charge in [0, 0.05) is 11.9 Å². The highest BCUT2D eigenvalue weighted by molar-refractivity contribution is 6.30. The zero-order valence-corrected chi connectivity index (χ0v) is 10.7. The van der Waals surface area contributed by atoms with Crippen molar-refractivity contribution >= 4 is 11.6 Å². The van der Waals surface area contributed by atoms with E-state index in [4.69, 9.17) is 21.1 Å². The molecule has 0 spiro atoms. The van der Waals surface area contributed by atoms with Gasteiger partial charge in [-0.1, -0.05) is 17.7 Å². The molecule has 0 N–H and O–H groups in total. The van der Waals surface area contributed by atoms with Crippen molar-refractivity contribution in [3.8, 4) is 11.5 Å². The van der Waals surface area contributed by atoms with Gasteiger partial charge in [0.2, 0.25) is 5.75 Å². The summed E-state index contributed by atoms with van der Waals surface area (Å²) in [4.78, 5) is 0. The van der Waals surface area contributed by atoms with Crippen LogP contribution in [-0.2, 0) is 5.79 Å². The van der Waals surface area contributed by atoms with Crippen LogP contribution in [0.4, 0.5) is 8.78 Å². The van der Waals surface area contributed by atoms with E-state index in [-0.39, 0.29) is 22.1 Å². The summed E-state index contributed by atoms with van der Waals surface area (Å²) in [5, 5.41) is 0.270. The summed E-state index contributed by atoms with van der Waals surface area (Å²) >= 11 is 5.70. The summed E-state index contributed by atoms with van der Waals surface area (Å²) in [6, 6.07) is 8.47. The van der Waals surface area contributed by atoms with E-state index in [9.17, 15) is 8.78 Å². The molecule has 0 amide bonds. The minimum Gasteiger partial charge on any atom is -0.444 e. The lowest BCUT2D eigenvalue weighted by Crippen LogP contribution is -2.32. The van der Waals surface area contributed by atoms with Gasteiger partial charge in [0.1, 0.15) is 5.82 Å². The van der Waals surface area contributed by atoms with Gasteiger partial charge < -0.3 is 9.47 Å². The Morgan fingerprint density at radius 3 is 2.53 bits per heavy atom. The van der Waals surface area contributed by atoms with Crippen LogP contribution in [-0.4, -0.2) is 0 Å². The smallest absolute Gasteiger partial charge is 0.278 e. The van der Waals surface area contributed by atoms with E-state index in [0.717, 1.165) is 6.07 Å². The Labute approximate surface area is 113 Å². The summed E-state index contributed by atoms with van der Waals surface area (Å²) in [6.45, 7) is 1.53. The number of hydrogen-bond acceptors (Lipinski definition) is 2. The van der Waals surface area contributed by atoms with Gasteiger partial charge in [-0.2, -0.15) is 0 Å². The fourth-order valence-electron chi connectivity index (χ4n) is 2.06. The van der Waals surface area contributed by atoms with E-state index >= 15 is 0 Å². The molecule has 5 heteroatoms. The van der Waals surface area contributed by atoms with E-state index in [0.29, 0.717) is 0 Å². The van der Waals surface area contributed by atoms with Crippen molar-refractivity contribution in [2.75, 3.05) is 0 Å². The maximum absolute atomic E-state index is 13.9. The van der Waals surface area contributed by atoms with Crippen molar-refractivity contribution in [3.05, 3.63) is 58.6 Å². The van der Waals surface area contributed by atoms with Crippen LogP contribution in [0.5, 0.6) is 11.5 Å². The fourth-order valence-corrected chi connectivity index (χ4v) is 2.22. The van der Waals surface area contributed by atoms with E-state index in [1.54, 1.807) is 6.07 Å². The van der Waals surface area contributed by atoms with Crippen molar-refractivity contribution in [3.63, 3.8) is 0 Å². The summed E-state index contributed by atoms with van der Waals surface area (Å²) < 4.78 is 38.5. The average Bonchev–Trinajstić information content (AvgIpc) is 2.68. The number of ether oxygens (including phenoxy) is 2. The second kappa shape index (κ2) is 4.10. The standard InChI is InChI=1S/C14H9ClF2O2/c1-14(9-6-5-8(15)7-11(9)17)18-12-4-2-3-10(16)13(12)19-14/h2-7H,1H3. The molecule has 0 saturated carbocycles. The second-order valence-corrected chi connectivity index (χ2v) is 4.78. The van der Waals surface area contributed by atoms with Crippen LogP contribution >= 0.6 is 11.6 Å². The Kier molecular flexibility index (Phi) is 2.64. The molecule has 0 aliphatic carbocycles. The summed E-state index contributed by atoms with van der Waals surface area (Å²) in [5.74, 6) is -2.28. The van der Waals surface area contributed by atoms with Crippen LogP contribution in [0.3, 0.4) is 0 Å². The van der Waals surface area contributed by atoms with Crippen molar-refractivity contribution < 1.29 is 18.3 Å². The first-order valence-electron chi connectivity index (χ1n) is 5.62. The molecule has 3 rings (SSSR count). The van der Waals surface area contributed by atoms with Gasteiger partial charge in [-0.25, -0.2) is 8.78 Å². The van der Waals surface area contributed by atoms with Crippen molar-refractivity contribution in [1.29, 1.82) is 0 Å². The first-order valence-corrected chi connectivity index (χ1v) is 5.99. The Morgan fingerprint density at radius 2 is 1.84 bits per heavy atom. The predicted octanol–water partition coefficient (Wildman–Crippen LogP) is 4.26. The molecule has 1 aliphatic heterocycles. The molecule has 1 unspecified atom stereocenters. The van der Waals surface area contributed by atoms with Crippen LogP contribution in [0.1, 0.15) is 12.5 Å². The third kappa shape index (κ3) is 1.92. The normalized spacial score (nSPS) is 20.6. The molecule has 0 radical (unpaired) electrons. The predicted molar refractivity (Wildman–Crippen MR) is 66.4 cm³/mol. The SMILES string of the molecule is CC1(c2ccc(Cl)cc2F)Oc2cccc(F)c2O1. The van der Waals surface area contributed by atoms with Gasteiger partial charge in [0.25, 0.3) is 5.79 Å². The fraction of sp³-hybridized carbons (Fsp3) is 0.143. The zero-order valence-electron chi connectivity index (χ0n) is 9.91. The summed E-state index contributed by atoms with van der Waals surface area (Å²) in [5.41, 5.74) is 0.160. The largest absolute Gasteiger partial charge is 0.444 e. The van der Waals surface area contributed by atoms with Crippen LogP contribution < -0.4 is 9.47 Å². The molecular weight excluding hydrogens is 274 g/mol. The number of rotatable bonds is 1. The number of hydrogen-bond donors (Lipinski definition) is 0. The van der Waals surface area contributed by atoms with Crippen LogP contribution in [0, 0.1) is 11.6 Å².